The molecule has 0 aliphatic carbocycles. The van der Waals surface area contributed by atoms with Crippen molar-refractivity contribution >= 4 is 11.7 Å². The van der Waals surface area contributed by atoms with Crippen LogP contribution in [0.15, 0.2) is 59.4 Å². The van der Waals surface area contributed by atoms with E-state index in [-0.39, 0.29) is 5.76 Å². The first-order chi connectivity index (χ1) is 14.9. The first-order valence-electron chi connectivity index (χ1n) is 10.6. The molecule has 1 aliphatic rings. The van der Waals surface area contributed by atoms with Crippen molar-refractivity contribution in [2.45, 2.75) is 32.9 Å². The SMILES string of the molecule is CC(C)(C)OC(=O)c1onc(-c2cccnc2)c1CN1CCN(c2ccccc2)CC1. The maximum atomic E-state index is 12.8. The molecule has 31 heavy (non-hydrogen) atoms. The van der Waals surface area contributed by atoms with Crippen LogP contribution in [0.25, 0.3) is 11.3 Å². The Bertz CT molecular complexity index is 1000. The molecule has 0 atom stereocenters. The van der Waals surface area contributed by atoms with Gasteiger partial charge in [-0.2, -0.15) is 0 Å². The van der Waals surface area contributed by atoms with E-state index in [9.17, 15) is 4.79 Å². The van der Waals surface area contributed by atoms with Crippen LogP contribution in [0, 0.1) is 0 Å². The quantitative estimate of drug-likeness (QED) is 0.578. The summed E-state index contributed by atoms with van der Waals surface area (Å²) in [4.78, 5) is 21.7. The fraction of sp³-hybridized carbons (Fsp3) is 0.375. The van der Waals surface area contributed by atoms with Crippen molar-refractivity contribution < 1.29 is 14.1 Å². The number of nitrogens with zero attached hydrogens (tertiary/aromatic N) is 4. The molecule has 4 rings (SSSR count). The van der Waals surface area contributed by atoms with Gasteiger partial charge in [0.1, 0.15) is 11.3 Å². The summed E-state index contributed by atoms with van der Waals surface area (Å²) in [5.41, 5.74) is 2.82. The smallest absolute Gasteiger partial charge is 0.378 e. The van der Waals surface area contributed by atoms with Gasteiger partial charge in [0.2, 0.25) is 5.76 Å². The highest BCUT2D eigenvalue weighted by Gasteiger charge is 2.30. The number of hydrogen-bond acceptors (Lipinski definition) is 7. The van der Waals surface area contributed by atoms with Gasteiger partial charge in [-0.15, -0.1) is 0 Å². The van der Waals surface area contributed by atoms with Crippen LogP contribution in [0.2, 0.25) is 0 Å². The number of piperazine rings is 1. The summed E-state index contributed by atoms with van der Waals surface area (Å²) in [6.07, 6.45) is 3.44. The number of pyridine rings is 1. The standard InChI is InChI=1S/C24H28N4O3/c1-24(2,3)30-23(29)22-20(21(26-31-22)18-8-7-11-25-16-18)17-27-12-14-28(15-13-27)19-9-5-4-6-10-19/h4-11,16H,12-15,17H2,1-3H3. The molecule has 7 nitrogen and oxygen atoms in total. The van der Waals surface area contributed by atoms with Gasteiger partial charge in [0.05, 0.1) is 0 Å². The number of carbonyl (C=O) groups is 1. The van der Waals surface area contributed by atoms with E-state index in [0.717, 1.165) is 37.3 Å². The lowest BCUT2D eigenvalue weighted by atomic mass is 10.1. The Morgan fingerprint density at radius 1 is 1.06 bits per heavy atom. The number of hydrogen-bond donors (Lipinski definition) is 0. The molecule has 1 aliphatic heterocycles. The summed E-state index contributed by atoms with van der Waals surface area (Å²) in [6, 6.07) is 14.2. The van der Waals surface area contributed by atoms with Crippen molar-refractivity contribution in [2.24, 2.45) is 0 Å². The Hall–Kier alpha value is -3.19. The average Bonchev–Trinajstić information content (AvgIpc) is 3.18. The molecule has 0 amide bonds. The van der Waals surface area contributed by atoms with Crippen molar-refractivity contribution in [3.05, 3.63) is 66.2 Å². The van der Waals surface area contributed by atoms with Gasteiger partial charge in [-0.3, -0.25) is 9.88 Å². The van der Waals surface area contributed by atoms with Crippen LogP contribution >= 0.6 is 0 Å². The van der Waals surface area contributed by atoms with Crippen LogP contribution in [-0.4, -0.2) is 52.8 Å². The van der Waals surface area contributed by atoms with Gasteiger partial charge in [0.15, 0.2) is 0 Å². The normalized spacial score (nSPS) is 15.1. The number of aromatic nitrogens is 2. The Balaban J connectivity index is 1.55. The third-order valence-electron chi connectivity index (χ3n) is 5.18. The average molecular weight is 421 g/mol. The molecule has 0 bridgehead atoms. The first-order valence-corrected chi connectivity index (χ1v) is 10.6. The zero-order valence-electron chi connectivity index (χ0n) is 18.2. The van der Waals surface area contributed by atoms with E-state index in [2.05, 4.69) is 44.2 Å². The molecule has 2 aromatic heterocycles. The van der Waals surface area contributed by atoms with Gasteiger partial charge >= 0.3 is 5.97 Å². The van der Waals surface area contributed by atoms with Gasteiger partial charge in [-0.25, -0.2) is 4.79 Å². The van der Waals surface area contributed by atoms with E-state index in [0.29, 0.717) is 12.2 Å². The summed E-state index contributed by atoms with van der Waals surface area (Å²) in [5.74, 6) is -0.327. The number of rotatable bonds is 5. The van der Waals surface area contributed by atoms with E-state index in [4.69, 9.17) is 9.26 Å². The lowest BCUT2D eigenvalue weighted by Gasteiger charge is -2.36. The molecule has 3 heterocycles. The monoisotopic (exact) mass is 420 g/mol. The van der Waals surface area contributed by atoms with Gasteiger partial charge in [-0.1, -0.05) is 23.4 Å². The molecule has 0 saturated carbocycles. The molecule has 0 N–H and O–H groups in total. The molecule has 0 unspecified atom stereocenters. The molecule has 1 aromatic carbocycles. The number of anilines is 1. The minimum Gasteiger partial charge on any atom is -0.454 e. The Kier molecular flexibility index (Phi) is 6.04. The lowest BCUT2D eigenvalue weighted by Crippen LogP contribution is -2.46. The fourth-order valence-corrected chi connectivity index (χ4v) is 3.70. The van der Waals surface area contributed by atoms with Crippen molar-refractivity contribution in [1.82, 2.24) is 15.0 Å². The van der Waals surface area contributed by atoms with Crippen molar-refractivity contribution in [2.75, 3.05) is 31.1 Å². The number of carbonyl (C=O) groups excluding carboxylic acids is 1. The fourth-order valence-electron chi connectivity index (χ4n) is 3.70. The van der Waals surface area contributed by atoms with E-state index in [1.54, 1.807) is 12.4 Å². The molecule has 7 heteroatoms. The molecular formula is C24H28N4O3. The number of benzene rings is 1. The number of para-hydroxylation sites is 1. The van der Waals surface area contributed by atoms with Crippen molar-refractivity contribution in [1.29, 1.82) is 0 Å². The second-order valence-electron chi connectivity index (χ2n) is 8.68. The molecule has 1 fully saturated rings. The van der Waals surface area contributed by atoms with Gasteiger partial charge < -0.3 is 14.2 Å². The molecule has 162 valence electrons. The predicted octanol–water partition coefficient (Wildman–Crippen LogP) is 4.01. The highest BCUT2D eigenvalue weighted by molar-refractivity contribution is 5.90. The third-order valence-corrected chi connectivity index (χ3v) is 5.18. The highest BCUT2D eigenvalue weighted by atomic mass is 16.6. The van der Waals surface area contributed by atoms with E-state index < -0.39 is 11.6 Å². The molecule has 0 radical (unpaired) electrons. The van der Waals surface area contributed by atoms with E-state index in [1.165, 1.54) is 5.69 Å². The van der Waals surface area contributed by atoms with Crippen LogP contribution in [-0.2, 0) is 11.3 Å². The lowest BCUT2D eigenvalue weighted by molar-refractivity contribution is 0.00249. The Morgan fingerprint density at radius 2 is 1.81 bits per heavy atom. The highest BCUT2D eigenvalue weighted by Crippen LogP contribution is 2.28. The Morgan fingerprint density at radius 3 is 2.45 bits per heavy atom. The first kappa shape index (κ1) is 21.1. The number of esters is 1. The summed E-state index contributed by atoms with van der Waals surface area (Å²) >= 11 is 0. The second-order valence-corrected chi connectivity index (χ2v) is 8.68. The zero-order chi connectivity index (χ0) is 21.8. The van der Waals surface area contributed by atoms with Crippen LogP contribution in [0.5, 0.6) is 0 Å². The van der Waals surface area contributed by atoms with Crippen LogP contribution in [0.4, 0.5) is 5.69 Å². The van der Waals surface area contributed by atoms with Crippen LogP contribution < -0.4 is 4.90 Å². The summed E-state index contributed by atoms with van der Waals surface area (Å²) < 4.78 is 11.1. The topological polar surface area (TPSA) is 71.7 Å². The molecule has 1 saturated heterocycles. The van der Waals surface area contributed by atoms with E-state index in [1.807, 2.05) is 39.0 Å². The van der Waals surface area contributed by atoms with Crippen molar-refractivity contribution in [3.8, 4) is 11.3 Å². The van der Waals surface area contributed by atoms with Crippen molar-refractivity contribution in [3.63, 3.8) is 0 Å². The minimum absolute atomic E-state index is 0.166. The van der Waals surface area contributed by atoms with E-state index >= 15 is 0 Å². The maximum absolute atomic E-state index is 12.8. The molecule has 0 spiro atoms. The molecule has 3 aromatic rings. The molecular weight excluding hydrogens is 392 g/mol. The zero-order valence-corrected chi connectivity index (χ0v) is 18.2. The summed E-state index contributed by atoms with van der Waals surface area (Å²) in [5, 5.41) is 4.21. The minimum atomic E-state index is -0.614. The predicted molar refractivity (Wildman–Crippen MR) is 119 cm³/mol. The van der Waals surface area contributed by atoms with Gasteiger partial charge in [0.25, 0.3) is 0 Å². The largest absolute Gasteiger partial charge is 0.454 e. The summed E-state index contributed by atoms with van der Waals surface area (Å²) in [7, 11) is 0. The number of ether oxygens (including phenoxy) is 1. The Labute approximate surface area is 182 Å². The second kappa shape index (κ2) is 8.89. The third kappa shape index (κ3) is 5.11. The van der Waals surface area contributed by atoms with Crippen LogP contribution in [0.1, 0.15) is 36.9 Å². The summed E-state index contributed by atoms with van der Waals surface area (Å²) in [6.45, 7) is 9.66. The van der Waals surface area contributed by atoms with Gasteiger partial charge in [-0.05, 0) is 45.0 Å². The van der Waals surface area contributed by atoms with Crippen LogP contribution in [0.3, 0.4) is 0 Å². The van der Waals surface area contributed by atoms with Gasteiger partial charge in [0, 0.05) is 61.9 Å². The maximum Gasteiger partial charge on any atom is 0.378 e.